The fraction of sp³-hybridized carbons (Fsp3) is 0.320. The summed E-state index contributed by atoms with van der Waals surface area (Å²) in [4.78, 5) is 18.4. The van der Waals surface area contributed by atoms with Crippen LogP contribution in [-0.2, 0) is 17.8 Å². The van der Waals surface area contributed by atoms with Crippen molar-refractivity contribution < 1.29 is 4.79 Å². The molecule has 1 amide bonds. The van der Waals surface area contributed by atoms with Crippen LogP contribution < -0.4 is 10.6 Å². The first kappa shape index (κ1) is 23.1. The van der Waals surface area contributed by atoms with Gasteiger partial charge in [0.1, 0.15) is 0 Å². The molecule has 0 spiro atoms. The van der Waals surface area contributed by atoms with Gasteiger partial charge in [0.05, 0.1) is 24.5 Å². The van der Waals surface area contributed by atoms with Gasteiger partial charge in [-0.1, -0.05) is 48.5 Å². The van der Waals surface area contributed by atoms with Crippen molar-refractivity contribution >= 4 is 11.9 Å². The number of carbonyl (C=O) groups excluding carboxylic acids is 1. The maximum atomic E-state index is 12.1. The predicted octanol–water partition coefficient (Wildman–Crippen LogP) is 2.86. The van der Waals surface area contributed by atoms with Crippen LogP contribution in [0.4, 0.5) is 0 Å². The average Bonchev–Trinajstić information content (AvgIpc) is 3.13. The molecule has 7 heteroatoms. The summed E-state index contributed by atoms with van der Waals surface area (Å²) in [5.74, 6) is 0.602. The number of nitrogens with one attached hydrogen (secondary N) is 2. The molecule has 0 aliphatic rings. The van der Waals surface area contributed by atoms with Gasteiger partial charge in [0.15, 0.2) is 5.96 Å². The number of guanidine groups is 1. The van der Waals surface area contributed by atoms with E-state index in [1.54, 1.807) is 19.0 Å². The summed E-state index contributed by atoms with van der Waals surface area (Å²) in [5.41, 5.74) is 5.37. The normalized spacial score (nSPS) is 11.3. The van der Waals surface area contributed by atoms with Gasteiger partial charge in [0, 0.05) is 26.3 Å². The lowest BCUT2D eigenvalue weighted by Gasteiger charge is -2.16. The lowest BCUT2D eigenvalue weighted by molar-refractivity contribution is -0.127. The van der Waals surface area contributed by atoms with Gasteiger partial charge in [0.2, 0.25) is 5.91 Å². The van der Waals surface area contributed by atoms with Gasteiger partial charge in [-0.25, -0.2) is 9.67 Å². The number of para-hydroxylation sites is 1. The first-order valence-corrected chi connectivity index (χ1v) is 10.8. The fourth-order valence-corrected chi connectivity index (χ4v) is 3.35. The van der Waals surface area contributed by atoms with E-state index in [2.05, 4.69) is 46.1 Å². The predicted molar refractivity (Wildman–Crippen MR) is 129 cm³/mol. The Morgan fingerprint density at radius 1 is 1.03 bits per heavy atom. The van der Waals surface area contributed by atoms with E-state index in [9.17, 15) is 4.79 Å². The Labute approximate surface area is 190 Å². The van der Waals surface area contributed by atoms with Crippen molar-refractivity contribution in [2.45, 2.75) is 26.8 Å². The largest absolute Gasteiger partial charge is 0.356 e. The van der Waals surface area contributed by atoms with Crippen LogP contribution in [0.3, 0.4) is 0 Å². The molecule has 0 unspecified atom stereocenters. The maximum absolute atomic E-state index is 12.1. The Hall–Kier alpha value is -3.61. The third-order valence-electron chi connectivity index (χ3n) is 5.09. The summed E-state index contributed by atoms with van der Waals surface area (Å²) in [6.07, 6.45) is 0.867. The molecule has 7 nitrogen and oxygen atoms in total. The van der Waals surface area contributed by atoms with Gasteiger partial charge < -0.3 is 15.5 Å². The average molecular weight is 433 g/mol. The lowest BCUT2D eigenvalue weighted by Crippen LogP contribution is -2.43. The van der Waals surface area contributed by atoms with E-state index in [4.69, 9.17) is 4.99 Å². The number of amides is 1. The molecule has 168 valence electrons. The van der Waals surface area contributed by atoms with E-state index in [0.29, 0.717) is 19.0 Å². The Balaban J connectivity index is 1.74. The van der Waals surface area contributed by atoms with Crippen LogP contribution in [0.1, 0.15) is 22.5 Å². The molecule has 0 aliphatic heterocycles. The highest BCUT2D eigenvalue weighted by atomic mass is 16.2. The molecular formula is C25H32N6O. The number of hydrogen-bond acceptors (Lipinski definition) is 3. The van der Waals surface area contributed by atoms with Crippen molar-refractivity contribution in [3.05, 3.63) is 83.2 Å². The van der Waals surface area contributed by atoms with Crippen molar-refractivity contribution in [2.24, 2.45) is 4.99 Å². The van der Waals surface area contributed by atoms with Crippen molar-refractivity contribution in [3.8, 4) is 5.69 Å². The molecule has 1 heterocycles. The number of aromatic nitrogens is 2. The molecule has 0 aliphatic carbocycles. The maximum Gasteiger partial charge on any atom is 0.241 e. The van der Waals surface area contributed by atoms with Crippen LogP contribution in [0.2, 0.25) is 0 Å². The monoisotopic (exact) mass is 432 g/mol. The highest BCUT2D eigenvalue weighted by Gasteiger charge is 2.10. The topological polar surface area (TPSA) is 74.6 Å². The van der Waals surface area contributed by atoms with E-state index >= 15 is 0 Å². The summed E-state index contributed by atoms with van der Waals surface area (Å²) in [7, 11) is 3.49. The second-order valence-corrected chi connectivity index (χ2v) is 7.94. The fourth-order valence-electron chi connectivity index (χ4n) is 3.35. The molecule has 0 bridgehead atoms. The van der Waals surface area contributed by atoms with Crippen LogP contribution in [0.5, 0.6) is 0 Å². The quantitative estimate of drug-likeness (QED) is 0.424. The zero-order valence-electron chi connectivity index (χ0n) is 19.3. The minimum atomic E-state index is -0.00870. The molecule has 32 heavy (non-hydrogen) atoms. The highest BCUT2D eigenvalue weighted by molar-refractivity contribution is 5.86. The summed E-state index contributed by atoms with van der Waals surface area (Å²) in [6.45, 7) is 5.40. The zero-order chi connectivity index (χ0) is 22.9. The van der Waals surface area contributed by atoms with Crippen LogP contribution >= 0.6 is 0 Å². The zero-order valence-corrected chi connectivity index (χ0v) is 19.3. The second-order valence-electron chi connectivity index (χ2n) is 7.94. The summed E-state index contributed by atoms with van der Waals surface area (Å²) in [5, 5.41) is 11.1. The molecular weight excluding hydrogens is 400 g/mol. The van der Waals surface area contributed by atoms with Gasteiger partial charge in [-0.05, 0) is 43.5 Å². The molecule has 0 saturated heterocycles. The SMILES string of the molecule is Cc1cc(C)n(-c2ccccc2CN=C(NCCc2ccccc2)NCC(=O)N(C)C)n1. The van der Waals surface area contributed by atoms with E-state index in [-0.39, 0.29) is 12.5 Å². The van der Waals surface area contributed by atoms with E-state index in [0.717, 1.165) is 29.1 Å². The van der Waals surface area contributed by atoms with Gasteiger partial charge in [-0.2, -0.15) is 5.10 Å². The van der Waals surface area contributed by atoms with E-state index in [1.165, 1.54) is 5.56 Å². The second kappa shape index (κ2) is 11.1. The molecule has 0 fully saturated rings. The third kappa shape index (κ3) is 6.44. The van der Waals surface area contributed by atoms with Gasteiger partial charge >= 0.3 is 0 Å². The number of hydrogen-bond donors (Lipinski definition) is 2. The summed E-state index contributed by atoms with van der Waals surface area (Å²) >= 11 is 0. The van der Waals surface area contributed by atoms with Crippen LogP contribution in [0.25, 0.3) is 5.69 Å². The number of aliphatic imine (C=N–C) groups is 1. The highest BCUT2D eigenvalue weighted by Crippen LogP contribution is 2.17. The Morgan fingerprint density at radius 3 is 2.44 bits per heavy atom. The van der Waals surface area contributed by atoms with Gasteiger partial charge in [-0.15, -0.1) is 0 Å². The minimum Gasteiger partial charge on any atom is -0.356 e. The van der Waals surface area contributed by atoms with Gasteiger partial charge in [-0.3, -0.25) is 4.79 Å². The number of nitrogens with zero attached hydrogens (tertiary/aromatic N) is 4. The lowest BCUT2D eigenvalue weighted by atomic mass is 10.1. The molecule has 2 aromatic carbocycles. The first-order chi connectivity index (χ1) is 15.4. The molecule has 1 aromatic heterocycles. The van der Waals surface area contributed by atoms with Crippen molar-refractivity contribution in [2.75, 3.05) is 27.2 Å². The van der Waals surface area contributed by atoms with Crippen LogP contribution in [0.15, 0.2) is 65.7 Å². The molecule has 3 rings (SSSR count). The molecule has 3 aromatic rings. The third-order valence-corrected chi connectivity index (χ3v) is 5.09. The minimum absolute atomic E-state index is 0.00870. The molecule has 0 atom stereocenters. The molecule has 2 N–H and O–H groups in total. The Kier molecular flexibility index (Phi) is 8.02. The number of carbonyl (C=O) groups is 1. The van der Waals surface area contributed by atoms with E-state index in [1.807, 2.05) is 48.9 Å². The number of likely N-dealkylation sites (N-methyl/N-ethyl adjacent to an activating group) is 1. The Morgan fingerprint density at radius 2 is 1.75 bits per heavy atom. The van der Waals surface area contributed by atoms with Crippen LogP contribution in [-0.4, -0.2) is 53.7 Å². The smallest absolute Gasteiger partial charge is 0.241 e. The van der Waals surface area contributed by atoms with Gasteiger partial charge in [0.25, 0.3) is 0 Å². The van der Waals surface area contributed by atoms with Crippen molar-refractivity contribution in [3.63, 3.8) is 0 Å². The number of aryl methyl sites for hydroxylation is 2. The number of benzene rings is 2. The standard InChI is InChI=1S/C25H32N6O/c1-19-16-20(2)31(29-19)23-13-9-8-12-22(23)17-27-25(28-18-24(32)30(3)4)26-15-14-21-10-6-5-7-11-21/h5-13,16H,14-15,17-18H2,1-4H3,(H2,26,27,28). The van der Waals surface area contributed by atoms with Crippen LogP contribution in [0, 0.1) is 13.8 Å². The van der Waals surface area contributed by atoms with Crippen molar-refractivity contribution in [1.29, 1.82) is 0 Å². The Bertz CT molecular complexity index is 1060. The first-order valence-electron chi connectivity index (χ1n) is 10.8. The number of rotatable bonds is 8. The molecule has 0 saturated carbocycles. The van der Waals surface area contributed by atoms with E-state index < -0.39 is 0 Å². The van der Waals surface area contributed by atoms with Crippen molar-refractivity contribution in [1.82, 2.24) is 25.3 Å². The summed E-state index contributed by atoms with van der Waals surface area (Å²) in [6, 6.07) is 20.5. The molecule has 0 radical (unpaired) electrons. The summed E-state index contributed by atoms with van der Waals surface area (Å²) < 4.78 is 1.95.